The number of aliphatic hydroxyl groups is 2. The third kappa shape index (κ3) is 2.68. The first-order valence-electron chi connectivity index (χ1n) is 13.8. The molecule has 4 fully saturated rings. The van der Waals surface area contributed by atoms with E-state index in [9.17, 15) is 19.8 Å². The summed E-state index contributed by atoms with van der Waals surface area (Å²) in [6, 6.07) is 0. The quantitative estimate of drug-likeness (QED) is 0.413. The molecule has 190 valence electrons. The van der Waals surface area contributed by atoms with Crippen LogP contribution in [0, 0.1) is 50.7 Å². The molecule has 4 nitrogen and oxygen atoms in total. The van der Waals surface area contributed by atoms with Gasteiger partial charge in [0, 0.05) is 17.8 Å². The predicted octanol–water partition coefficient (Wildman–Crippen LogP) is 5.50. The molecule has 4 heteroatoms. The fourth-order valence-electron chi connectivity index (χ4n) is 10.6. The third-order valence-electron chi connectivity index (χ3n) is 13.2. The zero-order valence-corrected chi connectivity index (χ0v) is 22.2. The Morgan fingerprint density at radius 2 is 1.71 bits per heavy atom. The maximum absolute atomic E-state index is 13.0. The van der Waals surface area contributed by atoms with Crippen LogP contribution >= 0.6 is 0 Å². The Kier molecular flexibility index (Phi) is 5.28. The van der Waals surface area contributed by atoms with Crippen molar-refractivity contribution in [1.29, 1.82) is 0 Å². The van der Waals surface area contributed by atoms with Crippen LogP contribution in [0.4, 0.5) is 0 Å². The molecule has 0 radical (unpaired) electrons. The number of ketones is 1. The van der Waals surface area contributed by atoms with E-state index in [2.05, 4.69) is 33.8 Å². The van der Waals surface area contributed by atoms with Gasteiger partial charge in [0.05, 0.1) is 17.6 Å². The Labute approximate surface area is 206 Å². The number of hydrogen-bond acceptors (Lipinski definition) is 4. The molecule has 5 aliphatic rings. The van der Waals surface area contributed by atoms with Crippen molar-refractivity contribution in [3.8, 4) is 0 Å². The van der Waals surface area contributed by atoms with Gasteiger partial charge in [0.2, 0.25) is 0 Å². The summed E-state index contributed by atoms with van der Waals surface area (Å²) in [7, 11) is 0. The van der Waals surface area contributed by atoms with Gasteiger partial charge in [-0.2, -0.15) is 0 Å². The lowest BCUT2D eigenvalue weighted by atomic mass is 9.33. The van der Waals surface area contributed by atoms with Gasteiger partial charge in [-0.25, -0.2) is 0 Å². The Balaban J connectivity index is 1.63. The van der Waals surface area contributed by atoms with Crippen LogP contribution in [0.25, 0.3) is 0 Å². The lowest BCUT2D eigenvalue weighted by Gasteiger charge is -2.71. The summed E-state index contributed by atoms with van der Waals surface area (Å²) < 4.78 is 0. The number of aldehydes is 1. The highest BCUT2D eigenvalue weighted by Crippen LogP contribution is 2.75. The van der Waals surface area contributed by atoms with Crippen LogP contribution < -0.4 is 0 Å². The number of carbonyl (C=O) groups is 2. The Morgan fingerprint density at radius 1 is 1.00 bits per heavy atom. The van der Waals surface area contributed by atoms with Gasteiger partial charge in [-0.3, -0.25) is 4.79 Å². The second-order valence-corrected chi connectivity index (χ2v) is 14.2. The zero-order valence-electron chi connectivity index (χ0n) is 22.2. The van der Waals surface area contributed by atoms with Crippen LogP contribution in [0.2, 0.25) is 0 Å². The van der Waals surface area contributed by atoms with Gasteiger partial charge in [-0.1, -0.05) is 46.3 Å². The van der Waals surface area contributed by atoms with Crippen LogP contribution in [-0.4, -0.2) is 34.5 Å². The van der Waals surface area contributed by atoms with Crippen LogP contribution in [-0.2, 0) is 9.59 Å². The van der Waals surface area contributed by atoms with E-state index in [1.165, 1.54) is 11.9 Å². The Morgan fingerprint density at radius 3 is 2.35 bits per heavy atom. The van der Waals surface area contributed by atoms with Crippen molar-refractivity contribution in [3.63, 3.8) is 0 Å². The molecule has 0 aromatic rings. The smallest absolute Gasteiger partial charge is 0.141 e. The third-order valence-corrected chi connectivity index (χ3v) is 13.2. The number of fused-ring (bicyclic) bond motifs is 7. The van der Waals surface area contributed by atoms with Crippen LogP contribution in [0.15, 0.2) is 11.6 Å². The summed E-state index contributed by atoms with van der Waals surface area (Å²) in [5.74, 6) is 0.931. The number of aliphatic hydroxyl groups excluding tert-OH is 1. The highest BCUT2D eigenvalue weighted by molar-refractivity contribution is 5.86. The van der Waals surface area contributed by atoms with Gasteiger partial charge in [0.1, 0.15) is 12.1 Å². The van der Waals surface area contributed by atoms with Gasteiger partial charge in [-0.05, 0) is 92.3 Å². The molecule has 34 heavy (non-hydrogen) atoms. The van der Waals surface area contributed by atoms with Gasteiger partial charge in [-0.15, -0.1) is 0 Å². The topological polar surface area (TPSA) is 74.6 Å². The normalized spacial score (nSPS) is 56.9. The average molecular weight is 471 g/mol. The van der Waals surface area contributed by atoms with Crippen LogP contribution in [0.1, 0.15) is 99.3 Å². The monoisotopic (exact) mass is 470 g/mol. The number of rotatable bonds is 2. The number of allylic oxidation sites excluding steroid dienone is 1. The molecular weight excluding hydrogens is 424 g/mol. The van der Waals surface area contributed by atoms with Gasteiger partial charge >= 0.3 is 0 Å². The summed E-state index contributed by atoms with van der Waals surface area (Å²) in [4.78, 5) is 25.6. The molecule has 0 amide bonds. The molecule has 5 rings (SSSR count). The van der Waals surface area contributed by atoms with E-state index in [1.54, 1.807) is 0 Å². The maximum Gasteiger partial charge on any atom is 0.141 e. The predicted molar refractivity (Wildman–Crippen MR) is 133 cm³/mol. The minimum Gasteiger partial charge on any atom is -0.395 e. The molecule has 0 aliphatic heterocycles. The van der Waals surface area contributed by atoms with Gasteiger partial charge in [0.15, 0.2) is 0 Å². The van der Waals surface area contributed by atoms with Crippen molar-refractivity contribution in [2.24, 2.45) is 50.7 Å². The summed E-state index contributed by atoms with van der Waals surface area (Å²) in [5, 5.41) is 22.2. The zero-order chi connectivity index (χ0) is 24.9. The molecule has 0 heterocycles. The molecule has 0 saturated heterocycles. The van der Waals surface area contributed by atoms with Crippen molar-refractivity contribution in [3.05, 3.63) is 11.6 Å². The standard InChI is InChI=1S/C30H46O4/c1-19-9-14-30(18-32)16-15-27(4)20(24(30)29(19,6)34)7-8-22-25(2)12-11-23(33)26(3,17-31)21(25)10-13-28(22,27)5/h7,18-19,21-22,24,31,34H,8-17H2,1-6H3/t19-,21+,22-,24+,25+,26+,27-,28-,29-,30-/m1/s1. The number of carbonyl (C=O) groups excluding carboxylic acids is 2. The van der Waals surface area contributed by atoms with Gasteiger partial charge < -0.3 is 15.0 Å². The highest BCUT2D eigenvalue weighted by atomic mass is 16.3. The molecule has 0 aromatic carbocycles. The van der Waals surface area contributed by atoms with E-state index >= 15 is 0 Å². The fraction of sp³-hybridized carbons (Fsp3) is 0.867. The van der Waals surface area contributed by atoms with E-state index in [4.69, 9.17) is 0 Å². The van der Waals surface area contributed by atoms with Crippen molar-refractivity contribution in [2.45, 2.75) is 105 Å². The molecule has 4 saturated carbocycles. The second kappa shape index (κ2) is 7.28. The maximum atomic E-state index is 13.0. The summed E-state index contributed by atoms with van der Waals surface area (Å²) in [6.45, 7) is 13.4. The number of Topliss-reactive ketones (excluding diaryl/α,β-unsaturated/α-hetero) is 1. The van der Waals surface area contributed by atoms with Crippen molar-refractivity contribution >= 4 is 12.1 Å². The molecule has 2 N–H and O–H groups in total. The summed E-state index contributed by atoms with van der Waals surface area (Å²) >= 11 is 0. The molecule has 0 spiro atoms. The summed E-state index contributed by atoms with van der Waals surface area (Å²) in [5.41, 5.74) is -0.641. The van der Waals surface area contributed by atoms with E-state index in [0.717, 1.165) is 51.4 Å². The van der Waals surface area contributed by atoms with Crippen LogP contribution in [0.5, 0.6) is 0 Å². The van der Waals surface area contributed by atoms with E-state index < -0.39 is 16.4 Å². The first-order chi connectivity index (χ1) is 15.8. The minimum absolute atomic E-state index is 0.00496. The SMILES string of the molecule is C[C@@H]1CC[C@]2(C=O)CC[C@]3(C)C(=CC[C@@H]4[C@@]5(C)CCC(=O)[C@@](C)(CO)[C@H]5CC[C@]43C)[C@H]2[C@]1(C)O. The minimum atomic E-state index is -0.885. The van der Waals surface area contributed by atoms with Crippen molar-refractivity contribution in [2.75, 3.05) is 6.61 Å². The molecular formula is C30H46O4. The Bertz CT molecular complexity index is 936. The van der Waals surface area contributed by atoms with Gasteiger partial charge in [0.25, 0.3) is 0 Å². The number of hydrogen-bond donors (Lipinski definition) is 2. The second-order valence-electron chi connectivity index (χ2n) is 14.2. The van der Waals surface area contributed by atoms with E-state index in [-0.39, 0.29) is 46.4 Å². The van der Waals surface area contributed by atoms with Crippen molar-refractivity contribution in [1.82, 2.24) is 0 Å². The average Bonchev–Trinajstić information content (AvgIpc) is 2.79. The van der Waals surface area contributed by atoms with E-state index in [0.29, 0.717) is 12.3 Å². The lowest BCUT2D eigenvalue weighted by molar-refractivity contribution is -0.202. The molecule has 10 atom stereocenters. The largest absolute Gasteiger partial charge is 0.395 e. The first kappa shape index (κ1) is 24.7. The fourth-order valence-corrected chi connectivity index (χ4v) is 10.6. The molecule has 0 unspecified atom stereocenters. The summed E-state index contributed by atoms with van der Waals surface area (Å²) in [6.07, 6.45) is 11.7. The van der Waals surface area contributed by atoms with E-state index in [1.807, 2.05) is 13.8 Å². The van der Waals surface area contributed by atoms with Crippen LogP contribution in [0.3, 0.4) is 0 Å². The molecule has 0 aromatic heterocycles. The highest BCUT2D eigenvalue weighted by Gasteiger charge is 2.70. The molecule has 5 aliphatic carbocycles. The molecule has 0 bridgehead atoms. The van der Waals surface area contributed by atoms with Crippen molar-refractivity contribution < 1.29 is 19.8 Å². The Hall–Kier alpha value is -1.00. The lowest BCUT2D eigenvalue weighted by Crippen LogP contribution is -2.67. The first-order valence-corrected chi connectivity index (χ1v) is 13.8.